The van der Waals surface area contributed by atoms with Crippen LogP contribution in [-0.2, 0) is 0 Å². The van der Waals surface area contributed by atoms with E-state index in [1.54, 1.807) is 30.3 Å². The number of H-pyrrole nitrogens is 2. The second kappa shape index (κ2) is 4.64. The van der Waals surface area contributed by atoms with Crippen molar-refractivity contribution < 1.29 is 13.2 Å². The SMILES string of the molecule is O=c1[nH]c(=O)c2c1c1oc3ccccc3oc1c1[nH]c3ccc(F)cc3c12. The summed E-state index contributed by atoms with van der Waals surface area (Å²) in [6.07, 6.45) is 0. The summed E-state index contributed by atoms with van der Waals surface area (Å²) in [5.41, 5.74) is 1.38. The van der Waals surface area contributed by atoms with E-state index in [0.29, 0.717) is 38.6 Å². The van der Waals surface area contributed by atoms with Crippen LogP contribution in [0.25, 0.3) is 54.9 Å². The number of benzene rings is 3. The number of rotatable bonds is 0. The molecule has 0 atom stereocenters. The third-order valence-electron chi connectivity index (χ3n) is 4.88. The molecule has 0 fully saturated rings. The van der Waals surface area contributed by atoms with Gasteiger partial charge in [-0.1, -0.05) is 12.1 Å². The van der Waals surface area contributed by atoms with Crippen molar-refractivity contribution in [3.8, 4) is 0 Å². The molecule has 7 heteroatoms. The predicted molar refractivity (Wildman–Crippen MR) is 99.7 cm³/mol. The van der Waals surface area contributed by atoms with Crippen molar-refractivity contribution in [3.05, 3.63) is 69.0 Å². The Morgan fingerprint density at radius 3 is 2.26 bits per heavy atom. The van der Waals surface area contributed by atoms with Crippen LogP contribution in [-0.4, -0.2) is 9.97 Å². The number of para-hydroxylation sites is 2. The molecule has 3 aromatic carbocycles. The second-order valence-electron chi connectivity index (χ2n) is 6.41. The lowest BCUT2D eigenvalue weighted by Gasteiger charge is -2.04. The summed E-state index contributed by atoms with van der Waals surface area (Å²) in [4.78, 5) is 30.5. The molecular formula is C20H9FN2O4. The van der Waals surface area contributed by atoms with Gasteiger partial charge >= 0.3 is 0 Å². The van der Waals surface area contributed by atoms with Gasteiger partial charge in [0.25, 0.3) is 11.1 Å². The Hall–Kier alpha value is -3.87. The summed E-state index contributed by atoms with van der Waals surface area (Å²) in [6.45, 7) is 0. The lowest BCUT2D eigenvalue weighted by atomic mass is 10.1. The summed E-state index contributed by atoms with van der Waals surface area (Å²) in [5.74, 6) is -0.442. The maximum Gasteiger partial charge on any atom is 0.262 e. The van der Waals surface area contributed by atoms with Gasteiger partial charge in [-0.25, -0.2) is 4.39 Å². The molecule has 6 aromatic rings. The van der Waals surface area contributed by atoms with E-state index >= 15 is 0 Å². The molecule has 0 radical (unpaired) electrons. The number of fused-ring (bicyclic) bond motifs is 9. The van der Waals surface area contributed by atoms with E-state index in [-0.39, 0.29) is 16.4 Å². The Labute approximate surface area is 147 Å². The fourth-order valence-corrected chi connectivity index (χ4v) is 3.77. The van der Waals surface area contributed by atoms with Crippen molar-refractivity contribution in [3.63, 3.8) is 0 Å². The van der Waals surface area contributed by atoms with E-state index in [2.05, 4.69) is 9.97 Å². The van der Waals surface area contributed by atoms with Crippen molar-refractivity contribution in [2.45, 2.75) is 0 Å². The van der Waals surface area contributed by atoms with Crippen molar-refractivity contribution in [2.75, 3.05) is 0 Å². The number of hydrogen-bond acceptors (Lipinski definition) is 4. The number of aromatic amines is 2. The van der Waals surface area contributed by atoms with Crippen molar-refractivity contribution >= 4 is 54.9 Å². The fraction of sp³-hybridized carbons (Fsp3) is 0. The van der Waals surface area contributed by atoms with Crippen molar-refractivity contribution in [1.29, 1.82) is 0 Å². The standard InChI is InChI=1S/C20H9FN2O4/c21-8-5-6-10-9(7-8)13-14-15(20(25)23-19(14)24)17-18(16(13)22-10)27-12-4-2-1-3-11(12)26-17/h1-7,22H,(H,23,24,25). The quantitative estimate of drug-likeness (QED) is 0.398. The molecule has 0 aliphatic carbocycles. The van der Waals surface area contributed by atoms with Gasteiger partial charge in [0, 0.05) is 16.3 Å². The van der Waals surface area contributed by atoms with E-state index in [4.69, 9.17) is 8.83 Å². The van der Waals surface area contributed by atoms with E-state index in [9.17, 15) is 14.0 Å². The van der Waals surface area contributed by atoms with Crippen LogP contribution >= 0.6 is 0 Å². The number of nitrogens with one attached hydrogen (secondary N) is 2. The van der Waals surface area contributed by atoms with Crippen LogP contribution in [0.2, 0.25) is 0 Å². The first-order chi connectivity index (χ1) is 13.1. The summed E-state index contributed by atoms with van der Waals surface area (Å²) in [5, 5.41) is 1.19. The minimum atomic E-state index is -0.568. The molecule has 0 spiro atoms. The average Bonchev–Trinajstić information content (AvgIpc) is 3.17. The lowest BCUT2D eigenvalue weighted by molar-refractivity contribution is 0.586. The van der Waals surface area contributed by atoms with Crippen LogP contribution in [0, 0.1) is 5.82 Å². The van der Waals surface area contributed by atoms with Crippen LogP contribution in [0.15, 0.2) is 60.9 Å². The predicted octanol–water partition coefficient (Wildman–Crippen LogP) is 4.15. The monoisotopic (exact) mass is 360 g/mol. The molecule has 0 saturated carbocycles. The smallest absolute Gasteiger partial charge is 0.262 e. The molecule has 0 aliphatic heterocycles. The molecule has 6 nitrogen and oxygen atoms in total. The van der Waals surface area contributed by atoms with Gasteiger partial charge in [0.15, 0.2) is 22.3 Å². The molecule has 3 heterocycles. The zero-order valence-electron chi connectivity index (χ0n) is 13.6. The highest BCUT2D eigenvalue weighted by Crippen LogP contribution is 2.38. The molecule has 2 N–H and O–H groups in total. The van der Waals surface area contributed by atoms with Gasteiger partial charge in [-0.2, -0.15) is 0 Å². The highest BCUT2D eigenvalue weighted by Gasteiger charge is 2.23. The van der Waals surface area contributed by atoms with E-state index in [0.717, 1.165) is 0 Å². The molecule has 0 saturated heterocycles. The van der Waals surface area contributed by atoms with Crippen LogP contribution in [0.5, 0.6) is 0 Å². The van der Waals surface area contributed by atoms with Crippen molar-refractivity contribution in [2.24, 2.45) is 0 Å². The summed E-state index contributed by atoms with van der Waals surface area (Å²) in [7, 11) is 0. The van der Waals surface area contributed by atoms with Crippen LogP contribution in [0.4, 0.5) is 4.39 Å². The van der Waals surface area contributed by atoms with Crippen LogP contribution in [0.1, 0.15) is 0 Å². The first-order valence-corrected chi connectivity index (χ1v) is 8.23. The summed E-state index contributed by atoms with van der Waals surface area (Å²) in [6, 6.07) is 11.3. The van der Waals surface area contributed by atoms with Gasteiger partial charge < -0.3 is 13.8 Å². The average molecular weight is 360 g/mol. The normalized spacial score (nSPS) is 12.2. The Kier molecular flexibility index (Phi) is 2.46. The third kappa shape index (κ3) is 1.72. The zero-order valence-corrected chi connectivity index (χ0v) is 13.6. The first-order valence-electron chi connectivity index (χ1n) is 8.23. The van der Waals surface area contributed by atoms with Gasteiger partial charge in [0.05, 0.1) is 16.3 Å². The van der Waals surface area contributed by atoms with Gasteiger partial charge in [0.1, 0.15) is 5.82 Å². The molecular weight excluding hydrogens is 351 g/mol. The number of halogens is 1. The molecule has 27 heavy (non-hydrogen) atoms. The Morgan fingerprint density at radius 2 is 1.48 bits per heavy atom. The molecule has 0 bridgehead atoms. The van der Waals surface area contributed by atoms with Crippen molar-refractivity contribution in [1.82, 2.24) is 9.97 Å². The minimum absolute atomic E-state index is 0.0992. The number of hydrogen-bond donors (Lipinski definition) is 2. The topological polar surface area (TPSA) is 92.0 Å². The Bertz CT molecular complexity index is 1680. The second-order valence-corrected chi connectivity index (χ2v) is 6.41. The zero-order chi connectivity index (χ0) is 18.3. The molecule has 6 rings (SSSR count). The Balaban J connectivity index is 2.06. The first kappa shape index (κ1) is 14.3. The van der Waals surface area contributed by atoms with E-state index in [1.807, 2.05) is 0 Å². The summed E-state index contributed by atoms with van der Waals surface area (Å²) < 4.78 is 25.8. The highest BCUT2D eigenvalue weighted by atomic mass is 19.1. The largest absolute Gasteiger partial charge is 0.449 e. The fourth-order valence-electron chi connectivity index (χ4n) is 3.77. The number of aromatic nitrogens is 2. The van der Waals surface area contributed by atoms with Gasteiger partial charge in [-0.15, -0.1) is 0 Å². The maximum atomic E-state index is 13.9. The molecule has 0 aliphatic rings. The maximum absolute atomic E-state index is 13.9. The molecule has 0 unspecified atom stereocenters. The Morgan fingerprint density at radius 1 is 0.778 bits per heavy atom. The van der Waals surface area contributed by atoms with Crippen LogP contribution in [0.3, 0.4) is 0 Å². The summed E-state index contributed by atoms with van der Waals surface area (Å²) >= 11 is 0. The van der Waals surface area contributed by atoms with Gasteiger partial charge in [-0.3, -0.25) is 14.6 Å². The molecule has 0 amide bonds. The molecule has 130 valence electrons. The van der Waals surface area contributed by atoms with Gasteiger partial charge in [0.2, 0.25) is 0 Å². The van der Waals surface area contributed by atoms with E-state index < -0.39 is 16.9 Å². The van der Waals surface area contributed by atoms with E-state index in [1.165, 1.54) is 12.1 Å². The minimum Gasteiger partial charge on any atom is -0.449 e. The van der Waals surface area contributed by atoms with Gasteiger partial charge in [-0.05, 0) is 30.3 Å². The highest BCUT2D eigenvalue weighted by molar-refractivity contribution is 6.29. The van der Waals surface area contributed by atoms with Crippen LogP contribution < -0.4 is 11.1 Å². The molecule has 3 aromatic heterocycles. The third-order valence-corrected chi connectivity index (χ3v) is 4.88. The lowest BCUT2D eigenvalue weighted by Crippen LogP contribution is -2.05.